The molecule has 0 unspecified atom stereocenters. The number of fused-ring (bicyclic) bond motifs is 3. The first-order chi connectivity index (χ1) is 12.1. The molecule has 9 heteroatoms. The van der Waals surface area contributed by atoms with Crippen molar-refractivity contribution in [2.24, 2.45) is 0 Å². The molecule has 0 bridgehead atoms. The summed E-state index contributed by atoms with van der Waals surface area (Å²) in [6.07, 6.45) is 8.79. The summed E-state index contributed by atoms with van der Waals surface area (Å²) >= 11 is 0. The van der Waals surface area contributed by atoms with Crippen molar-refractivity contribution in [3.63, 3.8) is 0 Å². The maximum atomic E-state index is 12.3. The first-order valence-electron chi connectivity index (χ1n) is 8.80. The average molecular weight is 360 g/mol. The SMILES string of the molecule is O=S(=O)(N[C@H]1CCC[C@H](c2nnc3cnc4[nH]ccc4n23)C1)C1CC1. The fourth-order valence-electron chi connectivity index (χ4n) is 3.90. The van der Waals surface area contributed by atoms with Gasteiger partial charge in [0.15, 0.2) is 11.3 Å². The molecule has 2 atom stereocenters. The lowest BCUT2D eigenvalue weighted by atomic mass is 9.85. The molecule has 0 amide bonds. The number of rotatable bonds is 4. The first-order valence-corrected chi connectivity index (χ1v) is 10.3. The third kappa shape index (κ3) is 2.62. The third-order valence-corrected chi connectivity index (χ3v) is 7.31. The number of nitrogens with zero attached hydrogens (tertiary/aromatic N) is 4. The van der Waals surface area contributed by atoms with Crippen LogP contribution in [-0.2, 0) is 10.0 Å². The van der Waals surface area contributed by atoms with Crippen LogP contribution in [0.25, 0.3) is 16.8 Å². The summed E-state index contributed by atoms with van der Waals surface area (Å²) in [6, 6.07) is 1.96. The molecular formula is C16H20N6O2S. The minimum absolute atomic E-state index is 0.0137. The van der Waals surface area contributed by atoms with Crippen molar-refractivity contribution >= 4 is 26.8 Å². The van der Waals surface area contributed by atoms with Crippen molar-refractivity contribution in [1.82, 2.24) is 29.3 Å². The first kappa shape index (κ1) is 15.3. The van der Waals surface area contributed by atoms with Crippen molar-refractivity contribution < 1.29 is 8.42 Å². The molecular weight excluding hydrogens is 340 g/mol. The van der Waals surface area contributed by atoms with Crippen molar-refractivity contribution in [1.29, 1.82) is 0 Å². The Kier molecular flexibility index (Phi) is 3.36. The van der Waals surface area contributed by atoms with Gasteiger partial charge in [-0.1, -0.05) is 6.42 Å². The highest BCUT2D eigenvalue weighted by molar-refractivity contribution is 7.90. The van der Waals surface area contributed by atoms with Crippen LogP contribution in [0.1, 0.15) is 50.3 Å². The van der Waals surface area contributed by atoms with E-state index in [1.807, 2.05) is 16.7 Å². The third-order valence-electron chi connectivity index (χ3n) is 5.30. The zero-order valence-electron chi connectivity index (χ0n) is 13.7. The summed E-state index contributed by atoms with van der Waals surface area (Å²) in [5.41, 5.74) is 2.48. The summed E-state index contributed by atoms with van der Waals surface area (Å²) in [7, 11) is -3.16. The average Bonchev–Trinajstić information content (AvgIpc) is 3.20. The molecule has 0 spiro atoms. The quantitative estimate of drug-likeness (QED) is 0.737. The Morgan fingerprint density at radius 1 is 1.20 bits per heavy atom. The van der Waals surface area contributed by atoms with E-state index in [4.69, 9.17) is 0 Å². The largest absolute Gasteiger partial charge is 0.345 e. The topological polar surface area (TPSA) is 105 Å². The van der Waals surface area contributed by atoms with Gasteiger partial charge in [0.2, 0.25) is 10.0 Å². The highest BCUT2D eigenvalue weighted by Crippen LogP contribution is 2.35. The molecule has 2 saturated carbocycles. The Morgan fingerprint density at radius 2 is 2.08 bits per heavy atom. The minimum atomic E-state index is -3.16. The lowest BCUT2D eigenvalue weighted by Gasteiger charge is -2.28. The van der Waals surface area contributed by atoms with E-state index in [-0.39, 0.29) is 17.2 Å². The monoisotopic (exact) mass is 360 g/mol. The van der Waals surface area contributed by atoms with E-state index in [2.05, 4.69) is 24.9 Å². The molecule has 3 aromatic heterocycles. The number of hydrogen-bond acceptors (Lipinski definition) is 5. The predicted octanol–water partition coefficient (Wildman–Crippen LogP) is 1.71. The molecule has 0 radical (unpaired) electrons. The van der Waals surface area contributed by atoms with Gasteiger partial charge in [-0.25, -0.2) is 18.1 Å². The van der Waals surface area contributed by atoms with Gasteiger partial charge in [0.25, 0.3) is 0 Å². The number of H-pyrrole nitrogens is 1. The van der Waals surface area contributed by atoms with Crippen LogP contribution in [0.15, 0.2) is 18.5 Å². The van der Waals surface area contributed by atoms with Gasteiger partial charge in [-0.2, -0.15) is 0 Å². The predicted molar refractivity (Wildman–Crippen MR) is 92.7 cm³/mol. The Bertz CT molecular complexity index is 1040. The number of sulfonamides is 1. The van der Waals surface area contributed by atoms with Gasteiger partial charge in [-0.05, 0) is 38.2 Å². The molecule has 2 aliphatic carbocycles. The van der Waals surface area contributed by atoms with Gasteiger partial charge in [-0.3, -0.25) is 4.40 Å². The van der Waals surface area contributed by atoms with Gasteiger partial charge in [0.1, 0.15) is 5.82 Å². The molecule has 2 aliphatic rings. The Morgan fingerprint density at radius 3 is 2.92 bits per heavy atom. The highest BCUT2D eigenvalue weighted by atomic mass is 32.2. The zero-order chi connectivity index (χ0) is 17.0. The molecule has 8 nitrogen and oxygen atoms in total. The van der Waals surface area contributed by atoms with Crippen LogP contribution in [0.5, 0.6) is 0 Å². The van der Waals surface area contributed by atoms with Crippen LogP contribution in [0.3, 0.4) is 0 Å². The Labute approximate surface area is 145 Å². The zero-order valence-corrected chi connectivity index (χ0v) is 14.5. The van der Waals surface area contributed by atoms with E-state index >= 15 is 0 Å². The molecule has 3 aromatic rings. The summed E-state index contributed by atoms with van der Waals surface area (Å²) < 4.78 is 29.5. The van der Waals surface area contributed by atoms with E-state index in [1.165, 1.54) is 0 Å². The smallest absolute Gasteiger partial charge is 0.214 e. The van der Waals surface area contributed by atoms with Crippen molar-refractivity contribution in [2.75, 3.05) is 0 Å². The molecule has 3 heterocycles. The molecule has 2 N–H and O–H groups in total. The molecule has 2 fully saturated rings. The normalized spacial score (nSPS) is 25.0. The Balaban J connectivity index is 1.46. The van der Waals surface area contributed by atoms with E-state index in [9.17, 15) is 8.42 Å². The van der Waals surface area contributed by atoms with Crippen LogP contribution in [-0.4, -0.2) is 44.3 Å². The van der Waals surface area contributed by atoms with Crippen LogP contribution in [0.2, 0.25) is 0 Å². The fourth-order valence-corrected chi connectivity index (χ4v) is 5.53. The van der Waals surface area contributed by atoms with E-state index in [1.54, 1.807) is 6.20 Å². The van der Waals surface area contributed by atoms with E-state index in [0.717, 1.165) is 61.2 Å². The highest BCUT2D eigenvalue weighted by Gasteiger charge is 2.38. The maximum Gasteiger partial charge on any atom is 0.214 e. The van der Waals surface area contributed by atoms with Crippen molar-refractivity contribution in [3.8, 4) is 0 Å². The Hall–Kier alpha value is -2.00. The number of hydrogen-bond donors (Lipinski definition) is 2. The molecule has 132 valence electrons. The van der Waals surface area contributed by atoms with Crippen LogP contribution >= 0.6 is 0 Å². The van der Waals surface area contributed by atoms with E-state index < -0.39 is 10.0 Å². The summed E-state index contributed by atoms with van der Waals surface area (Å²) in [5, 5.41) is 8.49. The summed E-state index contributed by atoms with van der Waals surface area (Å²) in [5.74, 6) is 1.09. The lowest BCUT2D eigenvalue weighted by Crippen LogP contribution is -2.39. The van der Waals surface area contributed by atoms with Crippen molar-refractivity contribution in [2.45, 2.75) is 55.7 Å². The molecule has 0 aliphatic heterocycles. The molecule has 0 saturated heterocycles. The van der Waals surface area contributed by atoms with Crippen LogP contribution < -0.4 is 4.72 Å². The number of nitrogens with one attached hydrogen (secondary N) is 2. The second-order valence-electron chi connectivity index (χ2n) is 7.14. The van der Waals surface area contributed by atoms with E-state index in [0.29, 0.717) is 0 Å². The van der Waals surface area contributed by atoms with Crippen LogP contribution in [0.4, 0.5) is 0 Å². The van der Waals surface area contributed by atoms with Gasteiger partial charge < -0.3 is 4.98 Å². The second kappa shape index (κ2) is 5.50. The summed E-state index contributed by atoms with van der Waals surface area (Å²) in [6.45, 7) is 0. The van der Waals surface area contributed by atoms with Crippen LogP contribution in [0, 0.1) is 0 Å². The lowest BCUT2D eigenvalue weighted by molar-refractivity contribution is 0.360. The molecule has 0 aromatic carbocycles. The van der Waals surface area contributed by atoms with Gasteiger partial charge in [-0.15, -0.1) is 10.2 Å². The van der Waals surface area contributed by atoms with Gasteiger partial charge in [0, 0.05) is 18.2 Å². The molecule has 5 rings (SSSR count). The summed E-state index contributed by atoms with van der Waals surface area (Å²) in [4.78, 5) is 7.46. The molecule has 25 heavy (non-hydrogen) atoms. The standard InChI is InChI=1S/C16H20N6O2S/c23-25(24,12-4-5-12)21-11-3-1-2-10(8-11)16-20-19-14-9-18-15-13(22(14)16)6-7-17-15/h6-7,9-12,17,21H,1-5,8H2/t10-,11-/m0/s1. The minimum Gasteiger partial charge on any atom is -0.345 e. The second-order valence-corrected chi connectivity index (χ2v) is 9.14. The number of aromatic amines is 1. The van der Waals surface area contributed by atoms with Gasteiger partial charge in [0.05, 0.1) is 17.0 Å². The maximum absolute atomic E-state index is 12.3. The van der Waals surface area contributed by atoms with Crippen molar-refractivity contribution in [3.05, 3.63) is 24.3 Å². The van der Waals surface area contributed by atoms with Gasteiger partial charge >= 0.3 is 0 Å². The fraction of sp³-hybridized carbons (Fsp3) is 0.562. The number of aromatic nitrogens is 5.